The molecule has 0 aromatic heterocycles. The number of hydrogen-bond donors (Lipinski definition) is 0. The highest BCUT2D eigenvalue weighted by Crippen LogP contribution is 2.44. The Morgan fingerprint density at radius 2 is 1.60 bits per heavy atom. The molecule has 0 bridgehead atoms. The third-order valence-corrected chi connectivity index (χ3v) is 11.9. The van der Waals surface area contributed by atoms with Gasteiger partial charge in [0.2, 0.25) is 8.32 Å². The maximum Gasteiger partial charge on any atom is 0.308 e. The lowest BCUT2D eigenvalue weighted by Gasteiger charge is -2.44. The Morgan fingerprint density at radius 1 is 1.04 bits per heavy atom. The summed E-state index contributed by atoms with van der Waals surface area (Å²) >= 11 is 0. The molecule has 0 aromatic carbocycles. The molecule has 1 rings (SSSR count). The minimum absolute atomic E-state index is 0.0945. The molecule has 0 spiro atoms. The molecule has 0 saturated carbocycles. The average Bonchev–Trinajstić information content (AvgIpc) is 3.26. The zero-order chi connectivity index (χ0) is 19.2. The Hall–Kier alpha value is -0.393. The van der Waals surface area contributed by atoms with E-state index in [2.05, 4.69) is 48.5 Å². The van der Waals surface area contributed by atoms with E-state index in [0.29, 0.717) is 29.1 Å². The highest BCUT2D eigenvalue weighted by molar-refractivity contribution is 6.77. The fourth-order valence-corrected chi connectivity index (χ4v) is 10.0. The van der Waals surface area contributed by atoms with Gasteiger partial charge in [-0.1, -0.05) is 61.3 Å². The van der Waals surface area contributed by atoms with E-state index in [1.54, 1.807) is 0 Å². The summed E-state index contributed by atoms with van der Waals surface area (Å²) in [5.41, 5.74) is 1.51. The molecule has 0 amide bonds. The summed E-state index contributed by atoms with van der Waals surface area (Å²) in [6.07, 6.45) is 5.17. The molecule has 1 aliphatic rings. The summed E-state index contributed by atoms with van der Waals surface area (Å²) in [4.78, 5) is 11.9. The number of unbranched alkanes of at least 4 members (excludes halogenated alkanes) is 1. The molecule has 25 heavy (non-hydrogen) atoms. The van der Waals surface area contributed by atoms with Crippen LogP contribution in [-0.2, 0) is 18.7 Å². The Kier molecular flexibility index (Phi) is 9.13. The lowest BCUT2D eigenvalue weighted by atomic mass is 10.1. The molecular weight excluding hydrogens is 332 g/mol. The predicted octanol–water partition coefficient (Wildman–Crippen LogP) is 5.46. The Labute approximate surface area is 156 Å². The second kappa shape index (κ2) is 10.1. The normalized spacial score (nSPS) is 21.9. The number of methoxy groups -OCH3 is 1. The van der Waals surface area contributed by atoms with Crippen LogP contribution in [0.2, 0.25) is 16.6 Å². The fraction of sp³-hybridized carbons (Fsp3) is 0.950. The van der Waals surface area contributed by atoms with Gasteiger partial charge in [-0.15, -0.1) is 0 Å². The van der Waals surface area contributed by atoms with E-state index in [-0.39, 0.29) is 18.2 Å². The summed E-state index contributed by atoms with van der Waals surface area (Å²) < 4.78 is 17.6. The molecule has 0 radical (unpaired) electrons. The standard InChI is InChI=1S/C20H40O4Si/c1-9-10-11-18-19(23-18)12-17(13-20(21)22-8)24-25(14(2)3,15(4)5)16(6)7/h14-19H,9-13H2,1-8H3/t17-,18-,19+/m0/s1. The molecule has 1 aliphatic heterocycles. The summed E-state index contributed by atoms with van der Waals surface area (Å²) in [6, 6.07) is 0. The van der Waals surface area contributed by atoms with Gasteiger partial charge in [0.05, 0.1) is 31.8 Å². The van der Waals surface area contributed by atoms with Gasteiger partial charge in [-0.25, -0.2) is 0 Å². The van der Waals surface area contributed by atoms with Crippen molar-refractivity contribution in [3.8, 4) is 0 Å². The van der Waals surface area contributed by atoms with Crippen molar-refractivity contribution in [2.45, 2.75) is 116 Å². The fourth-order valence-electron chi connectivity index (χ4n) is 4.44. The average molecular weight is 373 g/mol. The number of epoxide rings is 1. The molecule has 0 N–H and O–H groups in total. The Balaban J connectivity index is 2.85. The lowest BCUT2D eigenvalue weighted by molar-refractivity contribution is -0.142. The minimum Gasteiger partial charge on any atom is -0.469 e. The van der Waals surface area contributed by atoms with E-state index in [9.17, 15) is 4.79 Å². The largest absolute Gasteiger partial charge is 0.469 e. The Morgan fingerprint density at radius 3 is 2.04 bits per heavy atom. The molecule has 1 fully saturated rings. The third-order valence-electron chi connectivity index (χ3n) is 5.72. The SMILES string of the molecule is CCCC[C@@H]1O[C@@H]1C[C@@H](CC(=O)OC)O[Si](C(C)C)(C(C)C)C(C)C. The van der Waals surface area contributed by atoms with Gasteiger partial charge >= 0.3 is 5.97 Å². The van der Waals surface area contributed by atoms with Crippen LogP contribution in [0.4, 0.5) is 0 Å². The second-order valence-electron chi connectivity index (χ2n) is 8.43. The van der Waals surface area contributed by atoms with E-state index in [1.165, 1.54) is 20.0 Å². The summed E-state index contributed by atoms with van der Waals surface area (Å²) in [5.74, 6) is -0.185. The number of rotatable bonds is 12. The van der Waals surface area contributed by atoms with Crippen LogP contribution < -0.4 is 0 Å². The first kappa shape index (κ1) is 22.6. The maximum atomic E-state index is 11.9. The van der Waals surface area contributed by atoms with Crippen molar-refractivity contribution in [3.05, 3.63) is 0 Å². The van der Waals surface area contributed by atoms with Crippen LogP contribution in [-0.4, -0.2) is 39.7 Å². The molecule has 1 saturated heterocycles. The molecule has 3 atom stereocenters. The molecule has 148 valence electrons. The van der Waals surface area contributed by atoms with E-state index < -0.39 is 8.32 Å². The smallest absolute Gasteiger partial charge is 0.308 e. The highest BCUT2D eigenvalue weighted by Gasteiger charge is 2.48. The van der Waals surface area contributed by atoms with Crippen LogP contribution >= 0.6 is 0 Å². The first-order valence-corrected chi connectivity index (χ1v) is 12.2. The summed E-state index contributed by atoms with van der Waals surface area (Å²) in [6.45, 7) is 15.9. The van der Waals surface area contributed by atoms with Crippen molar-refractivity contribution in [1.82, 2.24) is 0 Å². The summed E-state index contributed by atoms with van der Waals surface area (Å²) in [7, 11) is -0.567. The molecule has 0 aromatic rings. The van der Waals surface area contributed by atoms with Crippen molar-refractivity contribution in [3.63, 3.8) is 0 Å². The van der Waals surface area contributed by atoms with E-state index in [0.717, 1.165) is 12.8 Å². The van der Waals surface area contributed by atoms with Crippen molar-refractivity contribution in [2.75, 3.05) is 7.11 Å². The zero-order valence-electron chi connectivity index (χ0n) is 17.6. The number of ether oxygens (including phenoxy) is 2. The molecule has 0 aliphatic carbocycles. The Bertz CT molecular complexity index is 387. The topological polar surface area (TPSA) is 48.1 Å². The number of hydrogen-bond acceptors (Lipinski definition) is 4. The van der Waals surface area contributed by atoms with Gasteiger partial charge in [-0.3, -0.25) is 4.79 Å². The number of esters is 1. The van der Waals surface area contributed by atoms with Crippen molar-refractivity contribution < 1.29 is 18.7 Å². The second-order valence-corrected chi connectivity index (χ2v) is 13.8. The van der Waals surface area contributed by atoms with E-state index in [4.69, 9.17) is 13.9 Å². The third kappa shape index (κ3) is 6.07. The van der Waals surface area contributed by atoms with Crippen LogP contribution in [0.15, 0.2) is 0 Å². The first-order valence-electron chi connectivity index (χ1n) is 10.1. The molecule has 0 unspecified atom stereocenters. The highest BCUT2D eigenvalue weighted by atomic mass is 28.4. The van der Waals surface area contributed by atoms with Gasteiger partial charge in [0, 0.05) is 6.42 Å². The number of carbonyl (C=O) groups is 1. The van der Waals surface area contributed by atoms with Gasteiger partial charge in [0.15, 0.2) is 0 Å². The van der Waals surface area contributed by atoms with Crippen LogP contribution in [0.1, 0.15) is 80.6 Å². The molecule has 1 heterocycles. The van der Waals surface area contributed by atoms with Crippen LogP contribution in [0, 0.1) is 0 Å². The summed E-state index contributed by atoms with van der Waals surface area (Å²) in [5, 5.41) is 0. The van der Waals surface area contributed by atoms with Crippen molar-refractivity contribution in [2.24, 2.45) is 0 Å². The van der Waals surface area contributed by atoms with Gasteiger partial charge in [0.25, 0.3) is 0 Å². The molecular formula is C20H40O4Si. The van der Waals surface area contributed by atoms with E-state index >= 15 is 0 Å². The van der Waals surface area contributed by atoms with Crippen LogP contribution in [0.5, 0.6) is 0 Å². The molecule has 4 nitrogen and oxygen atoms in total. The van der Waals surface area contributed by atoms with E-state index in [1.807, 2.05) is 0 Å². The minimum atomic E-state index is -2.02. The molecule has 5 heteroatoms. The van der Waals surface area contributed by atoms with Gasteiger partial charge < -0.3 is 13.9 Å². The predicted molar refractivity (Wildman–Crippen MR) is 105 cm³/mol. The maximum absolute atomic E-state index is 11.9. The monoisotopic (exact) mass is 372 g/mol. The number of carbonyl (C=O) groups excluding carboxylic acids is 1. The van der Waals surface area contributed by atoms with Gasteiger partial charge in [-0.2, -0.15) is 0 Å². The van der Waals surface area contributed by atoms with Crippen LogP contribution in [0.25, 0.3) is 0 Å². The van der Waals surface area contributed by atoms with Gasteiger partial charge in [0.1, 0.15) is 0 Å². The zero-order valence-corrected chi connectivity index (χ0v) is 18.6. The quantitative estimate of drug-likeness (QED) is 0.259. The van der Waals surface area contributed by atoms with Gasteiger partial charge in [-0.05, 0) is 23.0 Å². The van der Waals surface area contributed by atoms with Crippen molar-refractivity contribution >= 4 is 14.3 Å². The van der Waals surface area contributed by atoms with Crippen molar-refractivity contribution in [1.29, 1.82) is 0 Å². The lowest BCUT2D eigenvalue weighted by Crippen LogP contribution is -2.50. The first-order chi connectivity index (χ1) is 11.7. The van der Waals surface area contributed by atoms with Crippen LogP contribution in [0.3, 0.4) is 0 Å².